The molecule has 0 aliphatic heterocycles. The summed E-state index contributed by atoms with van der Waals surface area (Å²) in [5, 5.41) is 0. The maximum atomic E-state index is 10.9. The Labute approximate surface area is 43.9 Å². The van der Waals surface area contributed by atoms with Crippen LogP contribution in [-0.4, -0.2) is 25.3 Å². The van der Waals surface area contributed by atoms with E-state index in [0.717, 1.165) is 0 Å². The van der Waals surface area contributed by atoms with Crippen LogP contribution in [0, 0.1) is 0 Å². The van der Waals surface area contributed by atoms with Gasteiger partial charge in [-0.1, -0.05) is 0 Å². The van der Waals surface area contributed by atoms with E-state index in [0.29, 0.717) is 0 Å². The van der Waals surface area contributed by atoms with E-state index in [1.165, 1.54) is 4.94 Å². The Morgan fingerprint density at radius 2 is 1.50 bits per heavy atom. The normalized spacial score (nSPS) is 12.0. The van der Waals surface area contributed by atoms with E-state index in [4.69, 9.17) is 0 Å². The van der Waals surface area contributed by atoms with Crippen molar-refractivity contribution in [3.05, 3.63) is 0 Å². The van der Waals surface area contributed by atoms with Crippen LogP contribution in [0.15, 0.2) is 0 Å². The third-order valence-electron chi connectivity index (χ3n) is 0.283. The van der Waals surface area contributed by atoms with Gasteiger partial charge in [-0.25, -0.2) is 0 Å². The molecule has 0 rings (SSSR count). The van der Waals surface area contributed by atoms with Crippen molar-refractivity contribution < 1.29 is 13.2 Å². The van der Waals surface area contributed by atoms with Crippen LogP contribution >= 0.6 is 0 Å². The van der Waals surface area contributed by atoms with Crippen molar-refractivity contribution >= 4 is 21.1 Å². The first-order valence-corrected chi connectivity index (χ1v) is 5.60. The Morgan fingerprint density at radius 1 is 1.33 bits per heavy atom. The van der Waals surface area contributed by atoms with Gasteiger partial charge in [0.05, 0.1) is 0 Å². The second-order valence-electron chi connectivity index (χ2n) is 0.748. The predicted molar refractivity (Wildman–Crippen MR) is 17.7 cm³/mol. The molecule has 0 nitrogen and oxygen atoms in total. The van der Waals surface area contributed by atoms with Crippen molar-refractivity contribution in [3.8, 4) is 0 Å². The molecule has 0 spiro atoms. The van der Waals surface area contributed by atoms with Crippen LogP contribution in [0.5, 0.6) is 0 Å². The Hall–Kier alpha value is 0.589. The van der Waals surface area contributed by atoms with Crippen LogP contribution < -0.4 is 0 Å². The van der Waals surface area contributed by atoms with Gasteiger partial charge in [-0.05, 0) is 0 Å². The van der Waals surface area contributed by atoms with Gasteiger partial charge in [-0.3, -0.25) is 0 Å². The zero-order valence-corrected chi connectivity index (χ0v) is 5.99. The Balaban J connectivity index is 3.17. The van der Waals surface area contributed by atoms with Crippen LogP contribution in [0.1, 0.15) is 0 Å². The molecule has 0 unspecified atom stereocenters. The second kappa shape index (κ2) is 2.04. The molecule has 0 aromatic carbocycles. The monoisotopic (exact) mass is 204 g/mol. The Morgan fingerprint density at radius 3 is 1.50 bits per heavy atom. The first-order chi connectivity index (χ1) is 2.56. The third-order valence-corrected chi connectivity index (χ3v) is 1.90. The van der Waals surface area contributed by atoms with E-state index in [-0.39, 0.29) is 0 Å². The maximum absolute atomic E-state index is 10.9. The molecule has 0 aromatic heterocycles. The summed E-state index contributed by atoms with van der Waals surface area (Å²) >= 11 is -1.98. The fourth-order valence-corrected chi connectivity index (χ4v) is 0. The molecule has 0 fully saturated rings. The minimum atomic E-state index is -3.79. The SMILES string of the molecule is [CH3][Sn][C](F)(F)F. The molecule has 0 saturated heterocycles. The molecule has 0 atom stereocenters. The zero-order chi connectivity index (χ0) is 5.21. The standard InChI is InChI=1S/CF3.CH3.Sn/c2-1(3)4;;/h;1H3;. The van der Waals surface area contributed by atoms with Gasteiger partial charge in [0.25, 0.3) is 0 Å². The van der Waals surface area contributed by atoms with E-state index < -0.39 is 25.3 Å². The number of hydrogen-bond donors (Lipinski definition) is 0. The number of alkyl halides is 3. The van der Waals surface area contributed by atoms with Crippen LogP contribution in [0.2, 0.25) is 4.94 Å². The fourth-order valence-electron chi connectivity index (χ4n) is 0. The van der Waals surface area contributed by atoms with Crippen molar-refractivity contribution in [1.82, 2.24) is 0 Å². The van der Waals surface area contributed by atoms with Gasteiger partial charge in [0.1, 0.15) is 0 Å². The molecule has 0 N–H and O–H groups in total. The number of hydrogen-bond acceptors (Lipinski definition) is 0. The van der Waals surface area contributed by atoms with Gasteiger partial charge in [0, 0.05) is 0 Å². The van der Waals surface area contributed by atoms with Crippen LogP contribution in [0.3, 0.4) is 0 Å². The van der Waals surface area contributed by atoms with Gasteiger partial charge in [0.2, 0.25) is 0 Å². The molecule has 36 valence electrons. The van der Waals surface area contributed by atoms with Crippen molar-refractivity contribution in [2.75, 3.05) is 0 Å². The molecule has 0 aromatic rings. The number of halogens is 3. The summed E-state index contributed by atoms with van der Waals surface area (Å²) in [6, 6.07) is 0. The summed E-state index contributed by atoms with van der Waals surface area (Å²) in [6.07, 6.45) is 0. The fraction of sp³-hybridized carbons (Fsp3) is 1.00. The Bertz CT molecular complexity index is 38.5. The molecule has 0 amide bonds. The molecular formula is C2H3F3Sn. The van der Waals surface area contributed by atoms with E-state index in [9.17, 15) is 13.2 Å². The molecule has 4 heteroatoms. The summed E-state index contributed by atoms with van der Waals surface area (Å²) < 4.78 is 28.8. The summed E-state index contributed by atoms with van der Waals surface area (Å²) in [5.74, 6) is 0. The van der Waals surface area contributed by atoms with Crippen molar-refractivity contribution in [3.63, 3.8) is 0 Å². The minimum absolute atomic E-state index is 1.25. The van der Waals surface area contributed by atoms with Crippen molar-refractivity contribution in [2.45, 2.75) is 9.13 Å². The summed E-state index contributed by atoms with van der Waals surface area (Å²) in [6.45, 7) is 0. The predicted octanol–water partition coefficient (Wildman–Crippen LogP) is 1.26. The van der Waals surface area contributed by atoms with Gasteiger partial charge in [-0.15, -0.1) is 0 Å². The zero-order valence-electron chi connectivity index (χ0n) is 3.13. The summed E-state index contributed by atoms with van der Waals surface area (Å²) in [5.41, 5.74) is 0. The van der Waals surface area contributed by atoms with Crippen LogP contribution in [-0.2, 0) is 0 Å². The third kappa shape index (κ3) is 4.59. The van der Waals surface area contributed by atoms with Gasteiger partial charge < -0.3 is 0 Å². The molecule has 6 heavy (non-hydrogen) atoms. The van der Waals surface area contributed by atoms with E-state index in [1.807, 2.05) is 0 Å². The van der Waals surface area contributed by atoms with Gasteiger partial charge in [0.15, 0.2) is 0 Å². The molecule has 0 aliphatic rings. The molecule has 0 bridgehead atoms. The second-order valence-corrected chi connectivity index (χ2v) is 3.79. The first-order valence-electron chi connectivity index (χ1n) is 1.32. The van der Waals surface area contributed by atoms with Crippen LogP contribution in [0.4, 0.5) is 13.2 Å². The quantitative estimate of drug-likeness (QED) is 0.519. The topological polar surface area (TPSA) is 0 Å². The van der Waals surface area contributed by atoms with E-state index in [1.54, 1.807) is 0 Å². The van der Waals surface area contributed by atoms with E-state index in [2.05, 4.69) is 0 Å². The molecular weight excluding hydrogens is 200 g/mol. The summed E-state index contributed by atoms with van der Waals surface area (Å²) in [7, 11) is 0. The molecule has 0 aliphatic carbocycles. The summed E-state index contributed by atoms with van der Waals surface area (Å²) in [4.78, 5) is 1.25. The van der Waals surface area contributed by atoms with Gasteiger partial charge >= 0.3 is 43.4 Å². The average Bonchev–Trinajstić information content (AvgIpc) is 1.35. The van der Waals surface area contributed by atoms with Crippen molar-refractivity contribution in [1.29, 1.82) is 0 Å². The first kappa shape index (κ1) is 6.59. The van der Waals surface area contributed by atoms with Crippen LogP contribution in [0.25, 0.3) is 0 Å². The molecule has 2 radical (unpaired) electrons. The molecule has 0 saturated carbocycles. The van der Waals surface area contributed by atoms with Gasteiger partial charge in [-0.2, -0.15) is 0 Å². The van der Waals surface area contributed by atoms with Crippen molar-refractivity contribution in [2.24, 2.45) is 0 Å². The Kier molecular flexibility index (Phi) is 2.24. The average molecular weight is 203 g/mol. The number of rotatable bonds is 0. The van der Waals surface area contributed by atoms with E-state index >= 15 is 0 Å². The molecule has 0 heterocycles.